The van der Waals surface area contributed by atoms with E-state index in [4.69, 9.17) is 9.84 Å². The van der Waals surface area contributed by atoms with Crippen LogP contribution in [-0.4, -0.2) is 23.6 Å². The van der Waals surface area contributed by atoms with Gasteiger partial charge in [-0.1, -0.05) is 24.3 Å². The summed E-state index contributed by atoms with van der Waals surface area (Å²) in [7, 11) is 0. The Labute approximate surface area is 204 Å². The number of benzene rings is 2. The number of amides is 1. The Bertz CT molecular complexity index is 1220. The van der Waals surface area contributed by atoms with Gasteiger partial charge >= 0.3 is 12.1 Å². The highest BCUT2D eigenvalue weighted by molar-refractivity contribution is 7.12. The summed E-state index contributed by atoms with van der Waals surface area (Å²) >= 11 is 1.51. The molecule has 4 rings (SSSR count). The molecule has 2 N–H and O–H groups in total. The van der Waals surface area contributed by atoms with Crippen molar-refractivity contribution < 1.29 is 32.6 Å². The number of aromatic carboxylic acids is 1. The fraction of sp³-hybridized carbons (Fsp3) is 0.308. The Kier molecular flexibility index (Phi) is 7.28. The number of nitrogens with one attached hydrogen (secondary N) is 1. The standard InChI is InChI=1S/C26H24F3NO4S/c1-15(17-5-7-18(8-6-17)25(32)33)30-24(31)23-20-12-13-34-14-22(20)35-21(23)11-4-16-2-9-19(10-3-16)26(27,28)29/h2-3,5-10,15H,4,11-14H2,1H3,(H,30,31)(H,32,33)/t15-/m0/s1. The summed E-state index contributed by atoms with van der Waals surface area (Å²) in [5.74, 6) is -1.24. The third-order valence-electron chi connectivity index (χ3n) is 6.05. The molecule has 1 atom stereocenters. The van der Waals surface area contributed by atoms with Gasteiger partial charge in [0.15, 0.2) is 0 Å². The van der Waals surface area contributed by atoms with Crippen molar-refractivity contribution in [1.82, 2.24) is 5.32 Å². The minimum absolute atomic E-state index is 0.171. The van der Waals surface area contributed by atoms with Crippen LogP contribution in [0.1, 0.15) is 65.7 Å². The largest absolute Gasteiger partial charge is 0.478 e. The molecule has 0 saturated heterocycles. The predicted molar refractivity (Wildman–Crippen MR) is 126 cm³/mol. The number of carboxylic acids is 1. The molecular formula is C26H24F3NO4S. The third kappa shape index (κ3) is 5.74. The fourth-order valence-electron chi connectivity index (χ4n) is 4.11. The van der Waals surface area contributed by atoms with Crippen molar-refractivity contribution in [3.63, 3.8) is 0 Å². The van der Waals surface area contributed by atoms with Crippen molar-refractivity contribution in [3.05, 3.63) is 91.7 Å². The Morgan fingerprint density at radius 1 is 1.09 bits per heavy atom. The molecule has 0 radical (unpaired) electrons. The molecule has 2 heterocycles. The molecule has 0 spiro atoms. The number of carbonyl (C=O) groups excluding carboxylic acids is 1. The van der Waals surface area contributed by atoms with Gasteiger partial charge in [0.25, 0.3) is 5.91 Å². The smallest absolute Gasteiger partial charge is 0.416 e. The van der Waals surface area contributed by atoms with Gasteiger partial charge in [-0.2, -0.15) is 13.2 Å². The molecule has 1 aliphatic rings. The highest BCUT2D eigenvalue weighted by Crippen LogP contribution is 2.34. The second-order valence-corrected chi connectivity index (χ2v) is 9.61. The summed E-state index contributed by atoms with van der Waals surface area (Å²) in [6.07, 6.45) is -2.73. The van der Waals surface area contributed by atoms with E-state index in [2.05, 4.69) is 5.32 Å². The van der Waals surface area contributed by atoms with Crippen LogP contribution in [0.3, 0.4) is 0 Å². The maximum atomic E-state index is 13.4. The topological polar surface area (TPSA) is 75.6 Å². The van der Waals surface area contributed by atoms with E-state index in [-0.39, 0.29) is 17.5 Å². The first kappa shape index (κ1) is 24.9. The van der Waals surface area contributed by atoms with Gasteiger partial charge in [-0.3, -0.25) is 4.79 Å². The van der Waals surface area contributed by atoms with Crippen molar-refractivity contribution in [2.24, 2.45) is 0 Å². The minimum Gasteiger partial charge on any atom is -0.478 e. The SMILES string of the molecule is C[C@H](NC(=O)c1c(CCc2ccc(C(F)(F)F)cc2)sc2c1CCOC2)c1ccc(C(=O)O)cc1. The molecule has 0 fully saturated rings. The second kappa shape index (κ2) is 10.2. The fourth-order valence-corrected chi connectivity index (χ4v) is 5.40. The van der Waals surface area contributed by atoms with Crippen LogP contribution < -0.4 is 5.32 Å². The zero-order valence-electron chi connectivity index (χ0n) is 18.9. The molecule has 3 aromatic rings. The molecule has 0 saturated carbocycles. The first-order chi connectivity index (χ1) is 16.6. The van der Waals surface area contributed by atoms with Crippen LogP contribution in [0.25, 0.3) is 0 Å². The summed E-state index contributed by atoms with van der Waals surface area (Å²) < 4.78 is 44.1. The summed E-state index contributed by atoms with van der Waals surface area (Å²) in [4.78, 5) is 26.3. The summed E-state index contributed by atoms with van der Waals surface area (Å²) in [5, 5.41) is 12.1. The average Bonchev–Trinajstić information content (AvgIpc) is 3.21. The van der Waals surface area contributed by atoms with Crippen LogP contribution in [0.15, 0.2) is 48.5 Å². The van der Waals surface area contributed by atoms with Gasteiger partial charge in [0.05, 0.1) is 35.9 Å². The normalized spacial score (nSPS) is 14.3. The van der Waals surface area contributed by atoms with Gasteiger partial charge < -0.3 is 15.2 Å². The maximum Gasteiger partial charge on any atom is 0.416 e. The van der Waals surface area contributed by atoms with E-state index >= 15 is 0 Å². The van der Waals surface area contributed by atoms with E-state index in [1.165, 1.54) is 35.6 Å². The molecule has 1 aromatic heterocycles. The van der Waals surface area contributed by atoms with E-state index < -0.39 is 17.7 Å². The summed E-state index contributed by atoms with van der Waals surface area (Å²) in [6, 6.07) is 11.1. The van der Waals surface area contributed by atoms with Gasteiger partial charge in [0.2, 0.25) is 0 Å². The number of carboxylic acid groups (broad SMARTS) is 1. The monoisotopic (exact) mass is 503 g/mol. The number of ether oxygens (including phenoxy) is 1. The number of fused-ring (bicyclic) bond motifs is 1. The minimum atomic E-state index is -4.37. The van der Waals surface area contributed by atoms with E-state index in [0.717, 1.165) is 38.6 Å². The molecule has 1 amide bonds. The van der Waals surface area contributed by atoms with Crippen LogP contribution in [0.5, 0.6) is 0 Å². The van der Waals surface area contributed by atoms with Crippen LogP contribution in [0.2, 0.25) is 0 Å². The van der Waals surface area contributed by atoms with E-state index in [1.807, 2.05) is 6.92 Å². The van der Waals surface area contributed by atoms with Crippen molar-refractivity contribution >= 4 is 23.2 Å². The van der Waals surface area contributed by atoms with E-state index in [1.54, 1.807) is 12.1 Å². The first-order valence-electron chi connectivity index (χ1n) is 11.1. The number of hydrogen-bond donors (Lipinski definition) is 2. The first-order valence-corrected chi connectivity index (χ1v) is 12.0. The lowest BCUT2D eigenvalue weighted by molar-refractivity contribution is -0.137. The molecule has 0 bridgehead atoms. The number of thiophene rings is 1. The lowest BCUT2D eigenvalue weighted by atomic mass is 9.99. The van der Waals surface area contributed by atoms with Gasteiger partial charge in [0.1, 0.15) is 0 Å². The average molecular weight is 504 g/mol. The Balaban J connectivity index is 1.52. The number of hydrogen-bond acceptors (Lipinski definition) is 4. The van der Waals surface area contributed by atoms with E-state index in [9.17, 15) is 22.8 Å². The lowest BCUT2D eigenvalue weighted by Crippen LogP contribution is -2.28. The molecule has 1 aliphatic heterocycles. The molecule has 0 aliphatic carbocycles. The zero-order chi connectivity index (χ0) is 25.2. The molecule has 5 nitrogen and oxygen atoms in total. The Morgan fingerprint density at radius 2 is 1.77 bits per heavy atom. The second-order valence-electron chi connectivity index (χ2n) is 8.42. The van der Waals surface area contributed by atoms with Gasteiger partial charge in [-0.15, -0.1) is 11.3 Å². The van der Waals surface area contributed by atoms with Crippen LogP contribution in [0, 0.1) is 0 Å². The highest BCUT2D eigenvalue weighted by Gasteiger charge is 2.30. The lowest BCUT2D eigenvalue weighted by Gasteiger charge is -2.17. The number of alkyl halides is 3. The molecule has 184 valence electrons. The van der Waals surface area contributed by atoms with Gasteiger partial charge in [0, 0.05) is 9.75 Å². The predicted octanol–water partition coefficient (Wildman–Crippen LogP) is 5.81. The number of aryl methyl sites for hydroxylation is 2. The van der Waals surface area contributed by atoms with Gasteiger partial charge in [-0.25, -0.2) is 4.79 Å². The molecular weight excluding hydrogens is 479 g/mol. The Morgan fingerprint density at radius 3 is 2.40 bits per heavy atom. The van der Waals surface area contributed by atoms with Gasteiger partial charge in [-0.05, 0) is 67.1 Å². The summed E-state index contributed by atoms with van der Waals surface area (Å²) in [6.45, 7) is 2.79. The number of rotatable bonds is 7. The third-order valence-corrected chi connectivity index (χ3v) is 7.31. The highest BCUT2D eigenvalue weighted by atomic mass is 32.1. The molecule has 9 heteroatoms. The maximum absolute atomic E-state index is 13.4. The quantitative estimate of drug-likeness (QED) is 0.427. The Hall–Kier alpha value is -3.17. The van der Waals surface area contributed by atoms with E-state index in [0.29, 0.717) is 38.0 Å². The molecule has 2 aromatic carbocycles. The van der Waals surface area contributed by atoms with Crippen LogP contribution in [0.4, 0.5) is 13.2 Å². The van der Waals surface area contributed by atoms with Crippen molar-refractivity contribution in [2.45, 2.75) is 45.0 Å². The number of carbonyl (C=O) groups is 2. The molecule has 0 unspecified atom stereocenters. The van der Waals surface area contributed by atoms with Crippen molar-refractivity contribution in [3.8, 4) is 0 Å². The van der Waals surface area contributed by atoms with Crippen LogP contribution in [-0.2, 0) is 36.8 Å². The van der Waals surface area contributed by atoms with Crippen molar-refractivity contribution in [2.75, 3.05) is 6.61 Å². The number of halogens is 3. The zero-order valence-corrected chi connectivity index (χ0v) is 19.8. The summed E-state index contributed by atoms with van der Waals surface area (Å²) in [5.41, 5.74) is 2.62. The van der Waals surface area contributed by atoms with Crippen molar-refractivity contribution in [1.29, 1.82) is 0 Å². The van der Waals surface area contributed by atoms with Crippen LogP contribution >= 0.6 is 11.3 Å². The molecule has 35 heavy (non-hydrogen) atoms.